The van der Waals surface area contributed by atoms with Crippen LogP contribution in [0.15, 0.2) is 64.4 Å². The van der Waals surface area contributed by atoms with Crippen LogP contribution in [-0.4, -0.2) is 16.4 Å². The highest BCUT2D eigenvalue weighted by Gasteiger charge is 2.37. The standard InChI is InChI=1S/C23H25NO2/c1-14(2)6-5-10-23(4)11-9-18-21-19(12-15(3)22(18)26-23)17-8-7-16(25)13-20(17)24-21/h6-9,11-13,15,25H,5,10H2,1-4H3. The zero-order valence-corrected chi connectivity index (χ0v) is 15.8. The summed E-state index contributed by atoms with van der Waals surface area (Å²) in [6.07, 6.45) is 10.8. The van der Waals surface area contributed by atoms with E-state index in [9.17, 15) is 5.11 Å². The van der Waals surface area contributed by atoms with E-state index in [1.807, 2.05) is 6.07 Å². The second-order valence-electron chi connectivity index (χ2n) is 7.88. The molecular weight excluding hydrogens is 322 g/mol. The van der Waals surface area contributed by atoms with Gasteiger partial charge in [0.25, 0.3) is 0 Å². The summed E-state index contributed by atoms with van der Waals surface area (Å²) in [6.45, 7) is 8.59. The van der Waals surface area contributed by atoms with Crippen LogP contribution in [0.5, 0.6) is 5.75 Å². The Morgan fingerprint density at radius 3 is 2.92 bits per heavy atom. The first-order chi connectivity index (χ1) is 12.4. The van der Waals surface area contributed by atoms with Gasteiger partial charge in [-0.2, -0.15) is 0 Å². The average molecular weight is 347 g/mol. The Morgan fingerprint density at radius 1 is 1.35 bits per heavy atom. The zero-order valence-electron chi connectivity index (χ0n) is 15.8. The van der Waals surface area contributed by atoms with E-state index in [4.69, 9.17) is 9.73 Å². The Bertz CT molecular complexity index is 926. The Hall–Kier alpha value is -2.55. The Morgan fingerprint density at radius 2 is 2.15 bits per heavy atom. The molecule has 0 spiro atoms. The number of aromatic hydroxyl groups is 1. The van der Waals surface area contributed by atoms with Gasteiger partial charge in [0.05, 0.1) is 11.4 Å². The lowest BCUT2D eigenvalue weighted by molar-refractivity contribution is 0.0381. The molecule has 0 bridgehead atoms. The summed E-state index contributed by atoms with van der Waals surface area (Å²) in [5.74, 6) is 1.45. The molecule has 1 aromatic rings. The van der Waals surface area contributed by atoms with E-state index >= 15 is 0 Å². The van der Waals surface area contributed by atoms with Gasteiger partial charge in [0, 0.05) is 28.7 Å². The maximum absolute atomic E-state index is 9.76. The molecule has 3 heteroatoms. The van der Waals surface area contributed by atoms with E-state index in [1.54, 1.807) is 12.1 Å². The predicted molar refractivity (Wildman–Crippen MR) is 107 cm³/mol. The first-order valence-corrected chi connectivity index (χ1v) is 9.27. The summed E-state index contributed by atoms with van der Waals surface area (Å²) < 4.78 is 6.49. The Kier molecular flexibility index (Phi) is 3.91. The van der Waals surface area contributed by atoms with Gasteiger partial charge in [0.2, 0.25) is 0 Å². The number of rotatable bonds is 3. The van der Waals surface area contributed by atoms with Crippen LogP contribution in [0.4, 0.5) is 5.69 Å². The van der Waals surface area contributed by atoms with Crippen molar-refractivity contribution >= 4 is 17.0 Å². The number of benzene rings is 1. The third kappa shape index (κ3) is 2.82. The van der Waals surface area contributed by atoms with Crippen LogP contribution in [0.2, 0.25) is 0 Å². The van der Waals surface area contributed by atoms with Crippen LogP contribution in [0.3, 0.4) is 0 Å². The molecule has 2 aliphatic heterocycles. The molecule has 0 amide bonds. The molecule has 1 N–H and O–H groups in total. The van der Waals surface area contributed by atoms with Crippen molar-refractivity contribution in [2.45, 2.75) is 46.1 Å². The third-order valence-corrected chi connectivity index (χ3v) is 5.25. The number of nitrogens with zero attached hydrogens (tertiary/aromatic N) is 1. The van der Waals surface area contributed by atoms with Gasteiger partial charge in [-0.15, -0.1) is 0 Å². The number of phenolic OH excluding ortho intramolecular Hbond substituents is 1. The number of aliphatic imine (C=N–C) groups is 1. The van der Waals surface area contributed by atoms with Gasteiger partial charge in [-0.25, -0.2) is 4.99 Å². The second-order valence-corrected chi connectivity index (χ2v) is 7.88. The molecule has 1 aliphatic carbocycles. The van der Waals surface area contributed by atoms with Crippen LogP contribution >= 0.6 is 0 Å². The molecule has 0 saturated carbocycles. The van der Waals surface area contributed by atoms with Crippen molar-refractivity contribution in [2.24, 2.45) is 10.9 Å². The summed E-state index contributed by atoms with van der Waals surface area (Å²) in [5.41, 5.74) is 6.15. The summed E-state index contributed by atoms with van der Waals surface area (Å²) >= 11 is 0. The molecule has 0 saturated heterocycles. The molecular formula is C23H25NO2. The fraction of sp³-hybridized carbons (Fsp3) is 0.348. The van der Waals surface area contributed by atoms with Gasteiger partial charge in [-0.3, -0.25) is 0 Å². The summed E-state index contributed by atoms with van der Waals surface area (Å²) in [4.78, 5) is 4.78. The van der Waals surface area contributed by atoms with Crippen molar-refractivity contribution in [1.29, 1.82) is 0 Å². The summed E-state index contributed by atoms with van der Waals surface area (Å²) in [6, 6.07) is 5.39. The van der Waals surface area contributed by atoms with Crippen molar-refractivity contribution < 1.29 is 9.84 Å². The van der Waals surface area contributed by atoms with Crippen molar-refractivity contribution in [3.8, 4) is 5.75 Å². The maximum Gasteiger partial charge on any atom is 0.125 e. The first-order valence-electron chi connectivity index (χ1n) is 9.27. The van der Waals surface area contributed by atoms with Crippen LogP contribution in [0.1, 0.15) is 46.1 Å². The van der Waals surface area contributed by atoms with E-state index in [0.29, 0.717) is 0 Å². The third-order valence-electron chi connectivity index (χ3n) is 5.25. The number of ether oxygens (including phenoxy) is 1. The SMILES string of the molecule is CC(C)=CCCC1(C)C=CC2=C(O1)C(C)C=C1C2=Nc2cc(O)ccc21. The van der Waals surface area contributed by atoms with E-state index in [2.05, 4.69) is 52.0 Å². The highest BCUT2D eigenvalue weighted by Crippen LogP contribution is 2.46. The van der Waals surface area contributed by atoms with E-state index < -0.39 is 0 Å². The van der Waals surface area contributed by atoms with Crippen molar-refractivity contribution in [2.75, 3.05) is 0 Å². The molecule has 134 valence electrons. The van der Waals surface area contributed by atoms with Crippen LogP contribution < -0.4 is 0 Å². The molecule has 26 heavy (non-hydrogen) atoms. The van der Waals surface area contributed by atoms with Gasteiger partial charge in [-0.1, -0.05) is 24.6 Å². The van der Waals surface area contributed by atoms with E-state index in [1.165, 1.54) is 5.57 Å². The molecule has 3 aliphatic rings. The van der Waals surface area contributed by atoms with Gasteiger partial charge in [0.1, 0.15) is 17.1 Å². The molecule has 3 nitrogen and oxygen atoms in total. The molecule has 2 atom stereocenters. The van der Waals surface area contributed by atoms with E-state index in [-0.39, 0.29) is 17.3 Å². The number of allylic oxidation sites excluding steroid dienone is 6. The molecule has 0 aromatic heterocycles. The largest absolute Gasteiger partial charge is 0.508 e. The molecule has 2 heterocycles. The maximum atomic E-state index is 9.76. The van der Waals surface area contributed by atoms with Gasteiger partial charge >= 0.3 is 0 Å². The minimum absolute atomic E-state index is 0.200. The molecule has 0 radical (unpaired) electrons. The van der Waals surface area contributed by atoms with Crippen molar-refractivity contribution in [3.05, 3.63) is 65.0 Å². The van der Waals surface area contributed by atoms with Gasteiger partial charge in [0.15, 0.2) is 0 Å². The van der Waals surface area contributed by atoms with Crippen molar-refractivity contribution in [1.82, 2.24) is 0 Å². The Labute approximate surface area is 155 Å². The molecule has 2 unspecified atom stereocenters. The summed E-state index contributed by atoms with van der Waals surface area (Å²) in [5, 5.41) is 9.76. The minimum Gasteiger partial charge on any atom is -0.508 e. The van der Waals surface area contributed by atoms with E-state index in [0.717, 1.165) is 46.7 Å². The van der Waals surface area contributed by atoms with Crippen molar-refractivity contribution in [3.63, 3.8) is 0 Å². The molecule has 4 rings (SSSR count). The number of hydrogen-bond acceptors (Lipinski definition) is 3. The number of hydrogen-bond donors (Lipinski definition) is 1. The monoisotopic (exact) mass is 347 g/mol. The van der Waals surface area contributed by atoms with Crippen LogP contribution in [0.25, 0.3) is 5.57 Å². The van der Waals surface area contributed by atoms with Crippen LogP contribution in [-0.2, 0) is 4.74 Å². The quantitative estimate of drug-likeness (QED) is 0.696. The lowest BCUT2D eigenvalue weighted by atomic mass is 9.83. The highest BCUT2D eigenvalue weighted by atomic mass is 16.5. The number of phenols is 1. The molecule has 1 aromatic carbocycles. The molecule has 0 fully saturated rings. The lowest BCUT2D eigenvalue weighted by Crippen LogP contribution is -2.32. The van der Waals surface area contributed by atoms with Crippen LogP contribution in [0, 0.1) is 5.92 Å². The second kappa shape index (κ2) is 6.01. The smallest absolute Gasteiger partial charge is 0.125 e. The lowest BCUT2D eigenvalue weighted by Gasteiger charge is -2.36. The minimum atomic E-state index is -0.283. The van der Waals surface area contributed by atoms with Gasteiger partial charge in [-0.05, 0) is 57.9 Å². The summed E-state index contributed by atoms with van der Waals surface area (Å²) in [7, 11) is 0. The number of fused-ring (bicyclic) bond motifs is 4. The predicted octanol–water partition coefficient (Wildman–Crippen LogP) is 5.86. The fourth-order valence-electron chi connectivity index (χ4n) is 3.85. The van der Waals surface area contributed by atoms with Gasteiger partial charge < -0.3 is 9.84 Å². The average Bonchev–Trinajstić information content (AvgIpc) is 2.92. The fourth-order valence-corrected chi connectivity index (χ4v) is 3.85. The first kappa shape index (κ1) is 16.9. The normalized spacial score (nSPS) is 25.6. The zero-order chi connectivity index (χ0) is 18.5. The Balaban J connectivity index is 1.65. The topological polar surface area (TPSA) is 41.8 Å². The highest BCUT2D eigenvalue weighted by molar-refractivity contribution is 6.37.